The van der Waals surface area contributed by atoms with Crippen LogP contribution in [0.5, 0.6) is 0 Å². The van der Waals surface area contributed by atoms with Gasteiger partial charge in [0.25, 0.3) is 5.91 Å². The monoisotopic (exact) mass is 437 g/mol. The van der Waals surface area contributed by atoms with Crippen LogP contribution in [0.2, 0.25) is 0 Å². The number of likely N-dealkylation sites (tertiary alicyclic amines) is 1. The van der Waals surface area contributed by atoms with Crippen molar-refractivity contribution >= 4 is 29.5 Å². The van der Waals surface area contributed by atoms with E-state index in [4.69, 9.17) is 0 Å². The summed E-state index contributed by atoms with van der Waals surface area (Å²) in [7, 11) is 0. The zero-order valence-corrected chi connectivity index (χ0v) is 17.8. The molecule has 2 N–H and O–H groups in total. The third-order valence-electron chi connectivity index (χ3n) is 7.20. The first kappa shape index (κ1) is 20.7. The van der Waals surface area contributed by atoms with E-state index in [1.54, 1.807) is 21.7 Å². The Bertz CT molecular complexity index is 1030. The summed E-state index contributed by atoms with van der Waals surface area (Å²) in [5.41, 5.74) is 1.12. The molecule has 2 aromatic heterocycles. The fourth-order valence-corrected chi connectivity index (χ4v) is 5.63. The standard InChI is InChI=1S/C23H27N5O4/c29-13-16(10-14-7-8-24-21(14)30)25-22(31)20-18-6-3-4-15(18)12-27(20)23(32)19-11-17-5-1-2-9-28(17)26-19/h1-2,5,9,11,13-16,18,20H,3-4,6-8,10,12H2,(H,24,30)(H,25,31)/t14-,15-,16-,18-,20-/m0/s1. The summed E-state index contributed by atoms with van der Waals surface area (Å²) in [5.74, 6) is -0.566. The average Bonchev–Trinajstić information content (AvgIpc) is 3.56. The number of pyridine rings is 1. The molecule has 0 spiro atoms. The SMILES string of the molecule is O=C[C@H](C[C@@H]1CCNC1=O)NC(=O)[C@@H]1[C@H]2CCC[C@H]2CN1C(=O)c1cc2ccccn2n1. The number of carbonyl (C=O) groups is 4. The van der Waals surface area contributed by atoms with Crippen LogP contribution in [0, 0.1) is 17.8 Å². The zero-order chi connectivity index (χ0) is 22.2. The highest BCUT2D eigenvalue weighted by molar-refractivity contribution is 5.98. The molecule has 3 aliphatic rings. The van der Waals surface area contributed by atoms with Crippen LogP contribution < -0.4 is 10.6 Å². The van der Waals surface area contributed by atoms with E-state index in [0.717, 1.165) is 24.8 Å². The minimum Gasteiger partial charge on any atom is -0.356 e. The van der Waals surface area contributed by atoms with Crippen molar-refractivity contribution in [1.29, 1.82) is 0 Å². The summed E-state index contributed by atoms with van der Waals surface area (Å²) >= 11 is 0. The Hall–Kier alpha value is -3.23. The Labute approximate surface area is 185 Å². The minimum absolute atomic E-state index is 0.0773. The van der Waals surface area contributed by atoms with Crippen molar-refractivity contribution in [3.63, 3.8) is 0 Å². The molecular formula is C23H27N5O4. The highest BCUT2D eigenvalue weighted by atomic mass is 16.2. The van der Waals surface area contributed by atoms with Gasteiger partial charge in [-0.3, -0.25) is 14.4 Å². The van der Waals surface area contributed by atoms with Crippen molar-refractivity contribution in [1.82, 2.24) is 25.1 Å². The van der Waals surface area contributed by atoms with Crippen LogP contribution in [-0.4, -0.2) is 63.7 Å². The maximum atomic E-state index is 13.4. The molecule has 4 heterocycles. The van der Waals surface area contributed by atoms with Gasteiger partial charge in [0.2, 0.25) is 11.8 Å². The molecule has 1 saturated carbocycles. The van der Waals surface area contributed by atoms with Crippen LogP contribution >= 0.6 is 0 Å². The van der Waals surface area contributed by atoms with Gasteiger partial charge in [-0.25, -0.2) is 4.52 Å². The van der Waals surface area contributed by atoms with Gasteiger partial charge < -0.3 is 20.3 Å². The number of hydrogen-bond donors (Lipinski definition) is 2. The molecule has 9 heteroatoms. The second kappa shape index (κ2) is 8.37. The van der Waals surface area contributed by atoms with Crippen molar-refractivity contribution in [3.8, 4) is 0 Å². The topological polar surface area (TPSA) is 113 Å². The number of hydrogen-bond acceptors (Lipinski definition) is 5. The molecule has 168 valence electrons. The number of nitrogens with zero attached hydrogens (tertiary/aromatic N) is 3. The third-order valence-corrected chi connectivity index (χ3v) is 7.20. The normalized spacial score (nSPS) is 27.9. The van der Waals surface area contributed by atoms with E-state index in [1.165, 1.54) is 0 Å². The zero-order valence-electron chi connectivity index (χ0n) is 17.8. The first-order valence-electron chi connectivity index (χ1n) is 11.3. The summed E-state index contributed by atoms with van der Waals surface area (Å²) in [5, 5.41) is 9.98. The fraction of sp³-hybridized carbons (Fsp3) is 0.522. The second-order valence-corrected chi connectivity index (χ2v) is 9.12. The summed E-state index contributed by atoms with van der Waals surface area (Å²) in [4.78, 5) is 51.9. The van der Waals surface area contributed by atoms with Gasteiger partial charge in [0.1, 0.15) is 12.3 Å². The van der Waals surface area contributed by atoms with Gasteiger partial charge in [-0.15, -0.1) is 0 Å². The van der Waals surface area contributed by atoms with Crippen LogP contribution in [0.25, 0.3) is 5.52 Å². The minimum atomic E-state index is -0.746. The quantitative estimate of drug-likeness (QED) is 0.649. The molecule has 2 saturated heterocycles. The second-order valence-electron chi connectivity index (χ2n) is 9.12. The smallest absolute Gasteiger partial charge is 0.275 e. The van der Waals surface area contributed by atoms with E-state index in [2.05, 4.69) is 15.7 Å². The molecule has 0 radical (unpaired) electrons. The van der Waals surface area contributed by atoms with Gasteiger partial charge in [0, 0.05) is 25.2 Å². The summed E-state index contributed by atoms with van der Waals surface area (Å²) in [6.45, 7) is 1.11. The van der Waals surface area contributed by atoms with E-state index in [1.807, 2.05) is 18.2 Å². The Balaban J connectivity index is 1.35. The number of carbonyl (C=O) groups excluding carboxylic acids is 4. The Kier molecular flexibility index (Phi) is 5.40. The first-order valence-corrected chi connectivity index (χ1v) is 11.3. The molecule has 9 nitrogen and oxygen atoms in total. The van der Waals surface area contributed by atoms with Gasteiger partial charge in [0.15, 0.2) is 5.69 Å². The number of aldehydes is 1. The van der Waals surface area contributed by atoms with E-state index < -0.39 is 12.1 Å². The highest BCUT2D eigenvalue weighted by Crippen LogP contribution is 2.42. The van der Waals surface area contributed by atoms with Crippen LogP contribution in [0.15, 0.2) is 30.5 Å². The van der Waals surface area contributed by atoms with Crippen molar-refractivity contribution < 1.29 is 19.2 Å². The van der Waals surface area contributed by atoms with E-state index in [-0.39, 0.29) is 41.9 Å². The Morgan fingerprint density at radius 1 is 1.28 bits per heavy atom. The maximum absolute atomic E-state index is 13.4. The predicted octanol–water partition coefficient (Wildman–Crippen LogP) is 0.785. The number of aromatic nitrogens is 2. The predicted molar refractivity (Wildman–Crippen MR) is 115 cm³/mol. The van der Waals surface area contributed by atoms with Gasteiger partial charge >= 0.3 is 0 Å². The number of fused-ring (bicyclic) bond motifs is 2. The molecule has 32 heavy (non-hydrogen) atoms. The molecule has 0 unspecified atom stereocenters. The first-order chi connectivity index (χ1) is 15.5. The van der Waals surface area contributed by atoms with Gasteiger partial charge in [0.05, 0.1) is 11.6 Å². The Morgan fingerprint density at radius 2 is 2.16 bits per heavy atom. The molecule has 3 amide bonds. The van der Waals surface area contributed by atoms with Crippen LogP contribution in [-0.2, 0) is 14.4 Å². The molecule has 0 aromatic carbocycles. The molecule has 3 fully saturated rings. The summed E-state index contributed by atoms with van der Waals surface area (Å²) < 4.78 is 1.65. The van der Waals surface area contributed by atoms with Crippen LogP contribution in [0.3, 0.4) is 0 Å². The summed E-state index contributed by atoms with van der Waals surface area (Å²) in [6.07, 6.45) is 6.32. The van der Waals surface area contributed by atoms with E-state index >= 15 is 0 Å². The highest BCUT2D eigenvalue weighted by Gasteiger charge is 2.50. The van der Waals surface area contributed by atoms with Crippen LogP contribution in [0.4, 0.5) is 0 Å². The van der Waals surface area contributed by atoms with Crippen molar-refractivity contribution in [2.24, 2.45) is 17.8 Å². The lowest BCUT2D eigenvalue weighted by atomic mass is 9.92. The lowest BCUT2D eigenvalue weighted by Crippen LogP contribution is -2.52. The largest absolute Gasteiger partial charge is 0.356 e. The molecule has 0 bridgehead atoms. The summed E-state index contributed by atoms with van der Waals surface area (Å²) in [6, 6.07) is 5.96. The van der Waals surface area contributed by atoms with Crippen molar-refractivity contribution in [2.75, 3.05) is 13.1 Å². The molecular weight excluding hydrogens is 410 g/mol. The molecule has 2 aromatic rings. The number of nitrogens with one attached hydrogen (secondary N) is 2. The van der Waals surface area contributed by atoms with Gasteiger partial charge in [-0.05, 0) is 55.7 Å². The third kappa shape index (κ3) is 3.65. The fourth-order valence-electron chi connectivity index (χ4n) is 5.63. The lowest BCUT2D eigenvalue weighted by molar-refractivity contribution is -0.129. The van der Waals surface area contributed by atoms with Gasteiger partial charge in [-0.1, -0.05) is 12.5 Å². The molecule has 1 aliphatic carbocycles. The number of rotatable bonds is 6. The maximum Gasteiger partial charge on any atom is 0.275 e. The average molecular weight is 438 g/mol. The lowest BCUT2D eigenvalue weighted by Gasteiger charge is -2.28. The molecule has 2 aliphatic heterocycles. The van der Waals surface area contributed by atoms with Gasteiger partial charge in [-0.2, -0.15) is 5.10 Å². The van der Waals surface area contributed by atoms with E-state index in [0.29, 0.717) is 31.5 Å². The van der Waals surface area contributed by atoms with E-state index in [9.17, 15) is 19.2 Å². The van der Waals surface area contributed by atoms with Crippen LogP contribution in [0.1, 0.15) is 42.6 Å². The molecule has 5 rings (SSSR count). The van der Waals surface area contributed by atoms with Crippen molar-refractivity contribution in [3.05, 3.63) is 36.2 Å². The number of amides is 3. The van der Waals surface area contributed by atoms with Crippen molar-refractivity contribution in [2.45, 2.75) is 44.2 Å². The molecule has 5 atom stereocenters. The Morgan fingerprint density at radius 3 is 2.91 bits per heavy atom.